The Labute approximate surface area is 176 Å². The van der Waals surface area contributed by atoms with Crippen LogP contribution < -0.4 is 4.90 Å². The molecule has 3 nitrogen and oxygen atoms in total. The van der Waals surface area contributed by atoms with Crippen molar-refractivity contribution in [3.8, 4) is 34.0 Å². The molecule has 0 saturated carbocycles. The normalized spacial score (nSPS) is 10.9. The summed E-state index contributed by atoms with van der Waals surface area (Å²) in [6.07, 6.45) is 0. The summed E-state index contributed by atoms with van der Waals surface area (Å²) in [4.78, 5) is 7.16. The first-order valence-corrected chi connectivity index (χ1v) is 10.3. The molecule has 1 heterocycles. The van der Waals surface area contributed by atoms with E-state index in [1.165, 1.54) is 5.69 Å². The SMILES string of the molecule is CCN(CC)c1ccc(-c2nc(-c3ccccc3)oc2-c2ccccc2Cl)cc1. The largest absolute Gasteiger partial charge is 0.435 e. The fourth-order valence-corrected chi connectivity index (χ4v) is 3.69. The maximum atomic E-state index is 6.48. The molecule has 3 aromatic carbocycles. The molecule has 29 heavy (non-hydrogen) atoms. The molecule has 146 valence electrons. The van der Waals surface area contributed by atoms with Crippen LogP contribution in [0, 0.1) is 0 Å². The summed E-state index contributed by atoms with van der Waals surface area (Å²) in [5, 5.41) is 0.643. The van der Waals surface area contributed by atoms with Gasteiger partial charge < -0.3 is 9.32 Å². The predicted octanol–water partition coefficient (Wildman–Crippen LogP) is 7.18. The van der Waals surface area contributed by atoms with Gasteiger partial charge in [0.2, 0.25) is 5.89 Å². The molecule has 0 amide bonds. The molecule has 0 spiro atoms. The van der Waals surface area contributed by atoms with E-state index in [1.54, 1.807) is 0 Å². The number of hydrogen-bond donors (Lipinski definition) is 0. The van der Waals surface area contributed by atoms with Crippen molar-refractivity contribution >= 4 is 17.3 Å². The monoisotopic (exact) mass is 402 g/mol. The predicted molar refractivity (Wildman–Crippen MR) is 121 cm³/mol. The third kappa shape index (κ3) is 3.92. The molecule has 4 aromatic rings. The number of nitrogens with zero attached hydrogens (tertiary/aromatic N) is 2. The molecule has 0 N–H and O–H groups in total. The summed E-state index contributed by atoms with van der Waals surface area (Å²) in [6.45, 7) is 6.28. The second-order valence-corrected chi connectivity index (χ2v) is 7.17. The highest BCUT2D eigenvalue weighted by Crippen LogP contribution is 2.39. The third-order valence-electron chi connectivity index (χ3n) is 5.04. The molecule has 0 unspecified atom stereocenters. The van der Waals surface area contributed by atoms with E-state index >= 15 is 0 Å². The highest BCUT2D eigenvalue weighted by molar-refractivity contribution is 6.33. The fourth-order valence-electron chi connectivity index (χ4n) is 3.47. The number of anilines is 1. The lowest BCUT2D eigenvalue weighted by atomic mass is 10.1. The minimum Gasteiger partial charge on any atom is -0.435 e. The van der Waals surface area contributed by atoms with Crippen molar-refractivity contribution in [1.82, 2.24) is 4.98 Å². The van der Waals surface area contributed by atoms with Crippen molar-refractivity contribution in [3.63, 3.8) is 0 Å². The average Bonchev–Trinajstić information content (AvgIpc) is 3.21. The van der Waals surface area contributed by atoms with Gasteiger partial charge in [0, 0.05) is 35.5 Å². The zero-order valence-electron chi connectivity index (χ0n) is 16.6. The highest BCUT2D eigenvalue weighted by Gasteiger charge is 2.20. The molecule has 0 saturated heterocycles. The van der Waals surface area contributed by atoms with E-state index in [9.17, 15) is 0 Å². The van der Waals surface area contributed by atoms with Crippen molar-refractivity contribution in [2.24, 2.45) is 0 Å². The molecule has 1 aromatic heterocycles. The first-order valence-electron chi connectivity index (χ1n) is 9.87. The van der Waals surface area contributed by atoms with E-state index in [-0.39, 0.29) is 0 Å². The standard InChI is InChI=1S/C25H23ClN2O/c1-3-28(4-2)20-16-14-18(15-17-20)23-24(21-12-8-9-13-22(21)26)29-25(27-23)19-10-6-5-7-11-19/h5-17H,3-4H2,1-2H3. The van der Waals surface area contributed by atoms with Gasteiger partial charge in [0.1, 0.15) is 5.69 Å². The minimum atomic E-state index is 0.586. The quantitative estimate of drug-likeness (QED) is 0.342. The van der Waals surface area contributed by atoms with E-state index in [0.717, 1.165) is 35.5 Å². The van der Waals surface area contributed by atoms with Crippen LogP contribution in [0.5, 0.6) is 0 Å². The molecular weight excluding hydrogens is 380 g/mol. The molecule has 0 fully saturated rings. The van der Waals surface area contributed by atoms with Crippen molar-refractivity contribution in [3.05, 3.63) is 83.9 Å². The van der Waals surface area contributed by atoms with Gasteiger partial charge >= 0.3 is 0 Å². The molecule has 4 rings (SSSR count). The van der Waals surface area contributed by atoms with E-state index in [0.29, 0.717) is 16.7 Å². The van der Waals surface area contributed by atoms with E-state index in [2.05, 4.69) is 43.0 Å². The smallest absolute Gasteiger partial charge is 0.227 e. The molecule has 0 aliphatic rings. The Morgan fingerprint density at radius 2 is 1.45 bits per heavy atom. The Balaban J connectivity index is 1.83. The Morgan fingerprint density at radius 3 is 2.10 bits per heavy atom. The summed E-state index contributed by atoms with van der Waals surface area (Å²) >= 11 is 6.48. The van der Waals surface area contributed by atoms with E-state index in [4.69, 9.17) is 21.0 Å². The van der Waals surface area contributed by atoms with Gasteiger partial charge in [-0.05, 0) is 50.2 Å². The van der Waals surface area contributed by atoms with Crippen LogP contribution in [0.1, 0.15) is 13.8 Å². The fraction of sp³-hybridized carbons (Fsp3) is 0.160. The lowest BCUT2D eigenvalue weighted by Crippen LogP contribution is -2.21. The zero-order valence-corrected chi connectivity index (χ0v) is 17.4. The van der Waals surface area contributed by atoms with Crippen molar-refractivity contribution in [2.75, 3.05) is 18.0 Å². The van der Waals surface area contributed by atoms with Gasteiger partial charge in [-0.25, -0.2) is 4.98 Å². The molecule has 0 aliphatic heterocycles. The van der Waals surface area contributed by atoms with Crippen molar-refractivity contribution in [2.45, 2.75) is 13.8 Å². The Hall–Kier alpha value is -3.04. The van der Waals surface area contributed by atoms with Gasteiger partial charge in [-0.3, -0.25) is 0 Å². The van der Waals surface area contributed by atoms with Crippen LogP contribution in [0.2, 0.25) is 5.02 Å². The summed E-state index contributed by atoms with van der Waals surface area (Å²) in [6, 6.07) is 26.1. The van der Waals surface area contributed by atoms with Crippen LogP contribution in [0.15, 0.2) is 83.3 Å². The van der Waals surface area contributed by atoms with Gasteiger partial charge in [0.15, 0.2) is 5.76 Å². The van der Waals surface area contributed by atoms with E-state index in [1.807, 2.05) is 54.6 Å². The van der Waals surface area contributed by atoms with Crippen LogP contribution in [0.25, 0.3) is 34.0 Å². The maximum absolute atomic E-state index is 6.48. The summed E-state index contributed by atoms with van der Waals surface area (Å²) in [7, 11) is 0. The summed E-state index contributed by atoms with van der Waals surface area (Å²) in [5.41, 5.74) is 4.77. The summed E-state index contributed by atoms with van der Waals surface area (Å²) < 4.78 is 6.24. The lowest BCUT2D eigenvalue weighted by molar-refractivity contribution is 0.589. The topological polar surface area (TPSA) is 29.3 Å². The van der Waals surface area contributed by atoms with Gasteiger partial charge in [-0.2, -0.15) is 0 Å². The first kappa shape index (κ1) is 19.3. The van der Waals surface area contributed by atoms with Crippen molar-refractivity contribution < 1.29 is 4.42 Å². The maximum Gasteiger partial charge on any atom is 0.227 e. The average molecular weight is 403 g/mol. The Morgan fingerprint density at radius 1 is 0.793 bits per heavy atom. The molecule has 0 aliphatic carbocycles. The van der Waals surface area contributed by atoms with Crippen molar-refractivity contribution in [1.29, 1.82) is 0 Å². The molecule has 4 heteroatoms. The molecular formula is C25H23ClN2O. The number of aromatic nitrogens is 1. The third-order valence-corrected chi connectivity index (χ3v) is 5.37. The number of rotatable bonds is 6. The molecule has 0 atom stereocenters. The molecule has 0 bridgehead atoms. The number of oxazole rings is 1. The Kier molecular flexibility index (Phi) is 5.68. The highest BCUT2D eigenvalue weighted by atomic mass is 35.5. The minimum absolute atomic E-state index is 0.586. The zero-order chi connectivity index (χ0) is 20.2. The van der Waals surface area contributed by atoms with E-state index < -0.39 is 0 Å². The number of benzene rings is 3. The Bertz CT molecular complexity index is 1080. The number of hydrogen-bond acceptors (Lipinski definition) is 3. The van der Waals surface area contributed by atoms with Crippen LogP contribution in [-0.2, 0) is 0 Å². The van der Waals surface area contributed by atoms with Crippen LogP contribution in [0.3, 0.4) is 0 Å². The van der Waals surface area contributed by atoms with Crippen LogP contribution >= 0.6 is 11.6 Å². The van der Waals surface area contributed by atoms with Gasteiger partial charge in [-0.15, -0.1) is 0 Å². The van der Waals surface area contributed by atoms with Gasteiger partial charge in [0.05, 0.1) is 5.02 Å². The molecule has 0 radical (unpaired) electrons. The number of halogens is 1. The lowest BCUT2D eigenvalue weighted by Gasteiger charge is -2.21. The first-order chi connectivity index (χ1) is 14.2. The second kappa shape index (κ2) is 8.54. The summed E-state index contributed by atoms with van der Waals surface area (Å²) in [5.74, 6) is 1.27. The second-order valence-electron chi connectivity index (χ2n) is 6.76. The van der Waals surface area contributed by atoms with Gasteiger partial charge in [-0.1, -0.05) is 54.1 Å². The van der Waals surface area contributed by atoms with Crippen LogP contribution in [-0.4, -0.2) is 18.1 Å². The van der Waals surface area contributed by atoms with Crippen LogP contribution in [0.4, 0.5) is 5.69 Å². The van der Waals surface area contributed by atoms with Gasteiger partial charge in [0.25, 0.3) is 0 Å².